The van der Waals surface area contributed by atoms with Crippen LogP contribution in [0.25, 0.3) is 5.57 Å². The number of anilines is 1. The summed E-state index contributed by atoms with van der Waals surface area (Å²) in [7, 11) is 0. The number of hydrogen-bond donors (Lipinski definition) is 1. The summed E-state index contributed by atoms with van der Waals surface area (Å²) in [6.45, 7) is 1.81. The molecule has 1 aliphatic carbocycles. The van der Waals surface area contributed by atoms with Crippen molar-refractivity contribution < 1.29 is 4.79 Å². The minimum Gasteiger partial charge on any atom is -0.321 e. The van der Waals surface area contributed by atoms with E-state index in [1.807, 2.05) is 37.3 Å². The van der Waals surface area contributed by atoms with Crippen LogP contribution in [0.15, 0.2) is 35.9 Å². The van der Waals surface area contributed by atoms with Crippen LogP contribution in [0.3, 0.4) is 0 Å². The highest BCUT2D eigenvalue weighted by Crippen LogP contribution is 2.34. The fraction of sp³-hybridized carbons (Fsp3) is 0.278. The van der Waals surface area contributed by atoms with Crippen LogP contribution >= 0.6 is 11.3 Å². The zero-order valence-electron chi connectivity index (χ0n) is 12.9. The Labute approximate surface area is 139 Å². The molecule has 1 fully saturated rings. The topological polar surface area (TPSA) is 65.8 Å². The van der Waals surface area contributed by atoms with E-state index < -0.39 is 0 Å². The summed E-state index contributed by atoms with van der Waals surface area (Å²) in [4.78, 5) is 17.5. The first kappa shape index (κ1) is 15.4. The average Bonchev–Trinajstić information content (AvgIpc) is 3.19. The Kier molecular flexibility index (Phi) is 4.54. The number of nitriles is 1. The number of para-hydroxylation sites is 1. The van der Waals surface area contributed by atoms with E-state index in [0.29, 0.717) is 21.2 Å². The van der Waals surface area contributed by atoms with Gasteiger partial charge in [-0.2, -0.15) is 5.26 Å². The number of thiazole rings is 1. The fourth-order valence-electron chi connectivity index (χ4n) is 2.75. The summed E-state index contributed by atoms with van der Waals surface area (Å²) in [5.74, 6) is -0.175. The molecule has 0 bridgehead atoms. The summed E-state index contributed by atoms with van der Waals surface area (Å²) in [6.07, 6.45) is 4.19. The van der Waals surface area contributed by atoms with E-state index in [9.17, 15) is 10.1 Å². The van der Waals surface area contributed by atoms with Gasteiger partial charge in [-0.15, -0.1) is 11.3 Å². The number of allylic oxidation sites excluding steroid dienone is 2. The lowest BCUT2D eigenvalue weighted by Gasteiger charge is -2.03. The van der Waals surface area contributed by atoms with E-state index >= 15 is 0 Å². The molecule has 1 N–H and O–H groups in total. The summed E-state index contributed by atoms with van der Waals surface area (Å²) < 4.78 is 0. The second kappa shape index (κ2) is 6.76. The average molecular weight is 323 g/mol. The summed E-state index contributed by atoms with van der Waals surface area (Å²) in [6, 6.07) is 11.6. The molecule has 2 aromatic rings. The van der Waals surface area contributed by atoms with Crippen molar-refractivity contribution in [3.8, 4) is 6.07 Å². The van der Waals surface area contributed by atoms with Gasteiger partial charge in [0.15, 0.2) is 0 Å². The Morgan fingerprint density at radius 3 is 2.61 bits per heavy atom. The van der Waals surface area contributed by atoms with Crippen LogP contribution in [0.1, 0.15) is 46.1 Å². The first-order chi connectivity index (χ1) is 11.2. The van der Waals surface area contributed by atoms with Crippen LogP contribution < -0.4 is 5.32 Å². The number of amides is 1. The third-order valence-electron chi connectivity index (χ3n) is 3.92. The molecule has 0 saturated heterocycles. The quantitative estimate of drug-likeness (QED) is 0.842. The third-order valence-corrected chi connectivity index (χ3v) is 5.09. The molecule has 1 aliphatic rings. The Morgan fingerprint density at radius 1 is 1.26 bits per heavy atom. The van der Waals surface area contributed by atoms with Gasteiger partial charge in [-0.3, -0.25) is 4.79 Å². The summed E-state index contributed by atoms with van der Waals surface area (Å²) >= 11 is 1.30. The lowest BCUT2D eigenvalue weighted by molar-refractivity contribution is 0.103. The molecule has 23 heavy (non-hydrogen) atoms. The zero-order chi connectivity index (χ0) is 16.2. The van der Waals surface area contributed by atoms with Crippen LogP contribution in [-0.2, 0) is 0 Å². The number of carbonyl (C=O) groups is 1. The maximum Gasteiger partial charge on any atom is 0.267 e. The Morgan fingerprint density at radius 2 is 1.96 bits per heavy atom. The first-order valence-corrected chi connectivity index (χ1v) is 8.47. The van der Waals surface area contributed by atoms with Crippen LogP contribution in [0.4, 0.5) is 5.69 Å². The minimum absolute atomic E-state index is 0.175. The summed E-state index contributed by atoms with van der Waals surface area (Å²) in [5.41, 5.74) is 3.26. The number of nitrogens with zero attached hydrogens (tertiary/aromatic N) is 2. The van der Waals surface area contributed by atoms with Gasteiger partial charge < -0.3 is 5.32 Å². The summed E-state index contributed by atoms with van der Waals surface area (Å²) in [5, 5.41) is 13.0. The molecule has 3 rings (SSSR count). The van der Waals surface area contributed by atoms with Crippen LogP contribution in [0, 0.1) is 18.3 Å². The highest BCUT2D eigenvalue weighted by atomic mass is 32.1. The van der Waals surface area contributed by atoms with Gasteiger partial charge in [-0.1, -0.05) is 18.2 Å². The zero-order valence-corrected chi connectivity index (χ0v) is 13.7. The molecule has 116 valence electrons. The molecule has 0 radical (unpaired) electrons. The number of rotatable bonds is 3. The lowest BCUT2D eigenvalue weighted by atomic mass is 10.1. The predicted molar refractivity (Wildman–Crippen MR) is 92.2 cm³/mol. The first-order valence-electron chi connectivity index (χ1n) is 7.65. The molecule has 5 heteroatoms. The van der Waals surface area contributed by atoms with Gasteiger partial charge in [0.05, 0.1) is 11.3 Å². The molecule has 1 saturated carbocycles. The number of benzene rings is 1. The number of nitrogens with one attached hydrogen (secondary N) is 1. The van der Waals surface area contributed by atoms with Gasteiger partial charge in [0.1, 0.15) is 16.0 Å². The molecular formula is C18H17N3OS. The van der Waals surface area contributed by atoms with Gasteiger partial charge in [0.2, 0.25) is 0 Å². The molecular weight excluding hydrogens is 306 g/mol. The molecule has 0 spiro atoms. The largest absolute Gasteiger partial charge is 0.321 e. The predicted octanol–water partition coefficient (Wildman–Crippen LogP) is 4.56. The SMILES string of the molecule is Cc1nc(C(C#N)=C2CCCC2)sc1C(=O)Nc1ccccc1. The van der Waals surface area contributed by atoms with E-state index in [0.717, 1.165) is 31.4 Å². The van der Waals surface area contributed by atoms with Crippen LogP contribution in [-0.4, -0.2) is 10.9 Å². The second-order valence-electron chi connectivity index (χ2n) is 5.55. The van der Waals surface area contributed by atoms with Gasteiger partial charge in [-0.05, 0) is 50.3 Å². The molecule has 0 aliphatic heterocycles. The van der Waals surface area contributed by atoms with Crippen LogP contribution in [0.5, 0.6) is 0 Å². The molecule has 1 aromatic carbocycles. The van der Waals surface area contributed by atoms with E-state index in [-0.39, 0.29) is 5.91 Å². The molecule has 1 amide bonds. The maximum absolute atomic E-state index is 12.4. The lowest BCUT2D eigenvalue weighted by Crippen LogP contribution is -2.11. The Hall–Kier alpha value is -2.45. The number of carbonyl (C=O) groups excluding carboxylic acids is 1. The second-order valence-corrected chi connectivity index (χ2v) is 6.55. The van der Waals surface area contributed by atoms with E-state index in [2.05, 4.69) is 16.4 Å². The van der Waals surface area contributed by atoms with Gasteiger partial charge in [0.25, 0.3) is 5.91 Å². The van der Waals surface area contributed by atoms with Crippen molar-refractivity contribution in [3.05, 3.63) is 51.5 Å². The van der Waals surface area contributed by atoms with Gasteiger partial charge in [-0.25, -0.2) is 4.98 Å². The van der Waals surface area contributed by atoms with Crippen molar-refractivity contribution in [2.75, 3.05) is 5.32 Å². The Balaban J connectivity index is 1.88. The molecule has 1 heterocycles. The Bertz CT molecular complexity index is 791. The minimum atomic E-state index is -0.175. The number of hydrogen-bond acceptors (Lipinski definition) is 4. The van der Waals surface area contributed by atoms with Crippen molar-refractivity contribution in [3.63, 3.8) is 0 Å². The van der Waals surface area contributed by atoms with E-state index in [1.165, 1.54) is 16.9 Å². The molecule has 0 atom stereocenters. The normalized spacial score (nSPS) is 13.7. The maximum atomic E-state index is 12.4. The highest BCUT2D eigenvalue weighted by Gasteiger charge is 2.21. The third kappa shape index (κ3) is 3.33. The monoisotopic (exact) mass is 323 g/mol. The van der Waals surface area contributed by atoms with E-state index in [1.54, 1.807) is 0 Å². The molecule has 1 aromatic heterocycles. The van der Waals surface area contributed by atoms with Crippen molar-refractivity contribution in [1.29, 1.82) is 5.26 Å². The van der Waals surface area contributed by atoms with Crippen LogP contribution in [0.2, 0.25) is 0 Å². The van der Waals surface area contributed by atoms with Crippen molar-refractivity contribution in [2.24, 2.45) is 0 Å². The fourth-order valence-corrected chi connectivity index (χ4v) is 3.76. The van der Waals surface area contributed by atoms with Gasteiger partial charge >= 0.3 is 0 Å². The smallest absolute Gasteiger partial charge is 0.267 e. The molecule has 0 unspecified atom stereocenters. The van der Waals surface area contributed by atoms with E-state index in [4.69, 9.17) is 0 Å². The standard InChI is InChI=1S/C18H17N3OS/c1-12-16(17(22)21-14-9-3-2-4-10-14)23-18(20-12)15(11-19)13-7-5-6-8-13/h2-4,9-10H,5-8H2,1H3,(H,21,22). The molecule has 4 nitrogen and oxygen atoms in total. The van der Waals surface area contributed by atoms with Gasteiger partial charge in [0, 0.05) is 5.69 Å². The number of aryl methyl sites for hydroxylation is 1. The van der Waals surface area contributed by atoms with Crippen molar-refractivity contribution >= 4 is 28.5 Å². The highest BCUT2D eigenvalue weighted by molar-refractivity contribution is 7.15. The van der Waals surface area contributed by atoms with Crippen molar-refractivity contribution in [1.82, 2.24) is 4.98 Å². The van der Waals surface area contributed by atoms with Crippen molar-refractivity contribution in [2.45, 2.75) is 32.6 Å². The number of aromatic nitrogens is 1.